The molecule has 0 spiro atoms. The number of benzene rings is 1. The third kappa shape index (κ3) is 2.52. The Morgan fingerprint density at radius 1 is 1.33 bits per heavy atom. The largest absolute Gasteiger partial charge is 0.486 e. The normalized spacial score (nSPS) is 13.4. The molecule has 18 heavy (non-hydrogen) atoms. The monoisotopic (exact) mass is 258 g/mol. The van der Waals surface area contributed by atoms with Crippen LogP contribution in [-0.2, 0) is 11.2 Å². The summed E-state index contributed by atoms with van der Waals surface area (Å²) in [7, 11) is 0. The van der Waals surface area contributed by atoms with Crippen LogP contribution in [0.5, 0.6) is 11.5 Å². The third-order valence-electron chi connectivity index (χ3n) is 2.64. The van der Waals surface area contributed by atoms with E-state index in [9.17, 15) is 13.6 Å². The molecule has 0 aromatic heterocycles. The second-order valence-corrected chi connectivity index (χ2v) is 3.92. The van der Waals surface area contributed by atoms with Gasteiger partial charge in [0.2, 0.25) is 0 Å². The molecule has 4 nitrogen and oxygen atoms in total. The first kappa shape index (κ1) is 12.6. The molecule has 1 aromatic rings. The highest BCUT2D eigenvalue weighted by Crippen LogP contribution is 2.37. The molecule has 0 amide bonds. The number of aliphatic carboxylic acids is 1. The van der Waals surface area contributed by atoms with Gasteiger partial charge in [-0.3, -0.25) is 4.79 Å². The van der Waals surface area contributed by atoms with E-state index in [1.54, 1.807) is 0 Å². The van der Waals surface area contributed by atoms with Crippen LogP contribution in [0, 0.1) is 11.6 Å². The van der Waals surface area contributed by atoms with Gasteiger partial charge in [-0.1, -0.05) is 0 Å². The molecule has 0 unspecified atom stereocenters. The fourth-order valence-electron chi connectivity index (χ4n) is 1.84. The van der Waals surface area contributed by atoms with E-state index in [-0.39, 0.29) is 49.5 Å². The van der Waals surface area contributed by atoms with Crippen molar-refractivity contribution in [3.8, 4) is 11.5 Å². The molecular formula is C12H12F2O4. The molecule has 0 atom stereocenters. The van der Waals surface area contributed by atoms with E-state index in [1.165, 1.54) is 0 Å². The number of ether oxygens (including phenoxy) is 2. The predicted octanol–water partition coefficient (Wildman–Crippen LogP) is 2.14. The lowest BCUT2D eigenvalue weighted by Crippen LogP contribution is -2.18. The Bertz CT molecular complexity index is 474. The van der Waals surface area contributed by atoms with Crippen molar-refractivity contribution < 1.29 is 28.2 Å². The van der Waals surface area contributed by atoms with Gasteiger partial charge in [0.15, 0.2) is 23.1 Å². The maximum atomic E-state index is 13.7. The van der Waals surface area contributed by atoms with Gasteiger partial charge in [-0.25, -0.2) is 8.78 Å². The number of carbonyl (C=O) groups is 1. The summed E-state index contributed by atoms with van der Waals surface area (Å²) in [5, 5.41) is 8.53. The first-order chi connectivity index (χ1) is 8.59. The molecule has 1 heterocycles. The molecule has 0 saturated heterocycles. The van der Waals surface area contributed by atoms with Crippen molar-refractivity contribution in [3.63, 3.8) is 0 Å². The average Bonchev–Trinajstić information content (AvgIpc) is 2.33. The van der Waals surface area contributed by atoms with Gasteiger partial charge >= 0.3 is 5.97 Å². The highest BCUT2D eigenvalue weighted by molar-refractivity contribution is 5.66. The number of rotatable bonds is 4. The quantitative estimate of drug-likeness (QED) is 0.899. The molecule has 0 bridgehead atoms. The smallest absolute Gasteiger partial charge is 0.303 e. The lowest BCUT2D eigenvalue weighted by atomic mass is 10.0. The van der Waals surface area contributed by atoms with Crippen molar-refractivity contribution in [2.45, 2.75) is 19.3 Å². The first-order valence-electron chi connectivity index (χ1n) is 5.58. The van der Waals surface area contributed by atoms with Crippen LogP contribution in [-0.4, -0.2) is 24.3 Å². The molecule has 0 saturated carbocycles. The van der Waals surface area contributed by atoms with E-state index in [2.05, 4.69) is 0 Å². The summed E-state index contributed by atoms with van der Waals surface area (Å²) < 4.78 is 37.4. The minimum absolute atomic E-state index is 0.0472. The molecule has 0 aliphatic carbocycles. The van der Waals surface area contributed by atoms with E-state index in [1.807, 2.05) is 0 Å². The van der Waals surface area contributed by atoms with E-state index >= 15 is 0 Å². The van der Waals surface area contributed by atoms with Crippen LogP contribution < -0.4 is 9.47 Å². The zero-order valence-corrected chi connectivity index (χ0v) is 9.54. The van der Waals surface area contributed by atoms with E-state index in [4.69, 9.17) is 14.6 Å². The lowest BCUT2D eigenvalue weighted by molar-refractivity contribution is -0.137. The standard InChI is InChI=1S/C12H12F2O4/c13-8-6-9-12(18-5-4-17-9)7(11(8)14)2-1-3-10(15)16/h6H,1-5H2,(H,15,16). The molecule has 1 aromatic carbocycles. The maximum Gasteiger partial charge on any atom is 0.303 e. The average molecular weight is 258 g/mol. The van der Waals surface area contributed by atoms with Gasteiger partial charge in [-0.05, 0) is 12.8 Å². The van der Waals surface area contributed by atoms with E-state index < -0.39 is 17.6 Å². The molecule has 0 radical (unpaired) electrons. The second kappa shape index (κ2) is 5.20. The molecule has 1 aliphatic heterocycles. The zero-order chi connectivity index (χ0) is 13.1. The van der Waals surface area contributed by atoms with Crippen LogP contribution in [0.2, 0.25) is 0 Å². The molecule has 6 heteroatoms. The molecule has 98 valence electrons. The zero-order valence-electron chi connectivity index (χ0n) is 9.54. The Kier molecular flexibility index (Phi) is 3.64. The van der Waals surface area contributed by atoms with Crippen molar-refractivity contribution in [2.75, 3.05) is 13.2 Å². The van der Waals surface area contributed by atoms with Crippen molar-refractivity contribution in [3.05, 3.63) is 23.3 Å². The topological polar surface area (TPSA) is 55.8 Å². The van der Waals surface area contributed by atoms with Gasteiger partial charge < -0.3 is 14.6 Å². The molecular weight excluding hydrogens is 246 g/mol. The van der Waals surface area contributed by atoms with E-state index in [0.717, 1.165) is 6.07 Å². The number of hydrogen-bond donors (Lipinski definition) is 1. The summed E-state index contributed by atoms with van der Waals surface area (Å²) >= 11 is 0. The maximum absolute atomic E-state index is 13.7. The highest BCUT2D eigenvalue weighted by atomic mass is 19.2. The number of hydrogen-bond acceptors (Lipinski definition) is 3. The first-order valence-corrected chi connectivity index (χ1v) is 5.58. The van der Waals surface area contributed by atoms with Gasteiger partial charge in [-0.2, -0.15) is 0 Å². The Morgan fingerprint density at radius 3 is 2.78 bits per heavy atom. The fourth-order valence-corrected chi connectivity index (χ4v) is 1.84. The predicted molar refractivity (Wildman–Crippen MR) is 57.9 cm³/mol. The summed E-state index contributed by atoms with van der Waals surface area (Å²) in [5.74, 6) is -2.62. The molecule has 1 N–H and O–H groups in total. The Balaban J connectivity index is 2.26. The number of carboxylic acids is 1. The van der Waals surface area contributed by atoms with Crippen LogP contribution in [0.4, 0.5) is 8.78 Å². The van der Waals surface area contributed by atoms with Crippen LogP contribution in [0.15, 0.2) is 6.07 Å². The summed E-state index contributed by atoms with van der Waals surface area (Å²) in [4.78, 5) is 10.4. The summed E-state index contributed by atoms with van der Waals surface area (Å²) in [5.41, 5.74) is 0.0472. The second-order valence-electron chi connectivity index (χ2n) is 3.92. The number of carboxylic acid groups (broad SMARTS) is 1. The molecule has 0 fully saturated rings. The van der Waals surface area contributed by atoms with Crippen molar-refractivity contribution in [2.24, 2.45) is 0 Å². The Morgan fingerprint density at radius 2 is 2.06 bits per heavy atom. The van der Waals surface area contributed by atoms with Crippen LogP contribution in [0.25, 0.3) is 0 Å². The van der Waals surface area contributed by atoms with E-state index in [0.29, 0.717) is 0 Å². The Hall–Kier alpha value is -1.85. The van der Waals surface area contributed by atoms with Gasteiger partial charge in [0.25, 0.3) is 0 Å². The minimum Gasteiger partial charge on any atom is -0.486 e. The van der Waals surface area contributed by atoms with Gasteiger partial charge in [-0.15, -0.1) is 0 Å². The van der Waals surface area contributed by atoms with Crippen LogP contribution in [0.3, 0.4) is 0 Å². The van der Waals surface area contributed by atoms with Gasteiger partial charge in [0.05, 0.1) is 0 Å². The Labute approximate surface area is 102 Å². The minimum atomic E-state index is -1.01. The SMILES string of the molecule is O=C(O)CCCc1c(F)c(F)cc2c1OCCO2. The van der Waals surface area contributed by atoms with Crippen molar-refractivity contribution >= 4 is 5.97 Å². The summed E-state index contributed by atoms with van der Waals surface area (Å²) in [6, 6.07) is 0.949. The fraction of sp³-hybridized carbons (Fsp3) is 0.417. The van der Waals surface area contributed by atoms with Gasteiger partial charge in [0, 0.05) is 18.1 Å². The third-order valence-corrected chi connectivity index (χ3v) is 2.64. The summed E-state index contributed by atoms with van der Waals surface area (Å²) in [6.07, 6.45) is 0.207. The van der Waals surface area contributed by atoms with Crippen LogP contribution in [0.1, 0.15) is 18.4 Å². The number of halogens is 2. The lowest BCUT2D eigenvalue weighted by Gasteiger charge is -2.21. The van der Waals surface area contributed by atoms with Crippen LogP contribution >= 0.6 is 0 Å². The molecule has 2 rings (SSSR count). The summed E-state index contributed by atoms with van der Waals surface area (Å²) in [6.45, 7) is 0.552. The molecule has 1 aliphatic rings. The van der Waals surface area contributed by atoms with Gasteiger partial charge in [0.1, 0.15) is 13.2 Å². The van der Waals surface area contributed by atoms with Crippen molar-refractivity contribution in [1.29, 1.82) is 0 Å². The highest BCUT2D eigenvalue weighted by Gasteiger charge is 2.23. The van der Waals surface area contributed by atoms with Crippen molar-refractivity contribution in [1.82, 2.24) is 0 Å². The number of fused-ring (bicyclic) bond motifs is 1.